The summed E-state index contributed by atoms with van der Waals surface area (Å²) >= 11 is 0. The summed E-state index contributed by atoms with van der Waals surface area (Å²) in [5.41, 5.74) is 2.60. The Morgan fingerprint density at radius 3 is 2.29 bits per heavy atom. The van der Waals surface area contributed by atoms with E-state index < -0.39 is 14.9 Å². The second kappa shape index (κ2) is 10.4. The minimum atomic E-state index is -3.88. The Balaban J connectivity index is 1.56. The van der Waals surface area contributed by atoms with Crippen molar-refractivity contribution in [3.8, 4) is 0 Å². The van der Waals surface area contributed by atoms with Crippen LogP contribution in [-0.2, 0) is 23.1 Å². The quantitative estimate of drug-likeness (QED) is 0.355. The number of pyridine rings is 1. The minimum absolute atomic E-state index is 0.0532. The van der Waals surface area contributed by atoms with Crippen LogP contribution in [0.1, 0.15) is 29.8 Å². The lowest BCUT2D eigenvalue weighted by Crippen LogP contribution is -2.46. The van der Waals surface area contributed by atoms with Crippen molar-refractivity contribution in [2.24, 2.45) is 0 Å². The highest BCUT2D eigenvalue weighted by atomic mass is 32.2. The first-order valence-corrected chi connectivity index (χ1v) is 12.7. The van der Waals surface area contributed by atoms with Crippen molar-refractivity contribution in [1.29, 1.82) is 0 Å². The zero-order valence-electron chi connectivity index (χ0n) is 19.1. The second-order valence-corrected chi connectivity index (χ2v) is 10.5. The number of nitrogens with zero attached hydrogens (tertiary/aromatic N) is 4. The van der Waals surface area contributed by atoms with Gasteiger partial charge >= 0.3 is 0 Å². The molecule has 1 aromatic heterocycles. The summed E-state index contributed by atoms with van der Waals surface area (Å²) in [7, 11) is -3.88. The van der Waals surface area contributed by atoms with Gasteiger partial charge in [0.15, 0.2) is 0 Å². The van der Waals surface area contributed by atoms with Gasteiger partial charge in [-0.2, -0.15) is 4.31 Å². The first kappa shape index (κ1) is 24.0. The number of aromatic nitrogens is 1. The zero-order valence-corrected chi connectivity index (χ0v) is 19.9. The van der Waals surface area contributed by atoms with Gasteiger partial charge < -0.3 is 0 Å². The van der Waals surface area contributed by atoms with Crippen LogP contribution >= 0.6 is 0 Å². The van der Waals surface area contributed by atoms with Gasteiger partial charge in [0.1, 0.15) is 0 Å². The Morgan fingerprint density at radius 1 is 1.00 bits per heavy atom. The minimum Gasteiger partial charge on any atom is -0.299 e. The van der Waals surface area contributed by atoms with E-state index in [1.165, 1.54) is 34.1 Å². The number of nitro benzene ring substituents is 1. The number of nitro groups is 1. The number of non-ortho nitro benzene ring substituents is 1. The fourth-order valence-corrected chi connectivity index (χ4v) is 6.00. The van der Waals surface area contributed by atoms with E-state index in [0.29, 0.717) is 18.5 Å². The molecular formula is C25H28N4O4S. The molecule has 1 fully saturated rings. The van der Waals surface area contributed by atoms with Crippen LogP contribution in [0.25, 0.3) is 0 Å². The SMILES string of the molecule is Cc1cccc(CN(C2CCN(Cc3ccccc3)CC2)S(=O)(=O)c2ccc([N+](=O)[O-])cc2)n1. The van der Waals surface area contributed by atoms with Gasteiger partial charge in [-0.05, 0) is 49.6 Å². The maximum atomic E-state index is 13.7. The Morgan fingerprint density at radius 2 is 1.68 bits per heavy atom. The molecule has 1 aliphatic rings. The summed E-state index contributed by atoms with van der Waals surface area (Å²) in [4.78, 5) is 17.4. The monoisotopic (exact) mass is 480 g/mol. The molecule has 3 aromatic rings. The number of benzene rings is 2. The molecule has 0 unspecified atom stereocenters. The van der Waals surface area contributed by atoms with Gasteiger partial charge in [-0.1, -0.05) is 36.4 Å². The van der Waals surface area contributed by atoms with Crippen LogP contribution in [0.5, 0.6) is 0 Å². The third-order valence-corrected chi connectivity index (χ3v) is 8.04. The van der Waals surface area contributed by atoms with E-state index in [0.717, 1.165) is 25.3 Å². The Kier molecular flexibility index (Phi) is 7.35. The van der Waals surface area contributed by atoms with Crippen molar-refractivity contribution < 1.29 is 13.3 Å². The van der Waals surface area contributed by atoms with Gasteiger partial charge in [-0.15, -0.1) is 0 Å². The van der Waals surface area contributed by atoms with Gasteiger partial charge in [-0.3, -0.25) is 20.0 Å². The van der Waals surface area contributed by atoms with E-state index in [1.54, 1.807) is 0 Å². The molecule has 0 bridgehead atoms. The molecule has 0 amide bonds. The van der Waals surface area contributed by atoms with Gasteiger partial charge in [0, 0.05) is 43.5 Å². The lowest BCUT2D eigenvalue weighted by atomic mass is 10.0. The van der Waals surface area contributed by atoms with Crippen LogP contribution in [0.3, 0.4) is 0 Å². The van der Waals surface area contributed by atoms with E-state index in [4.69, 9.17) is 0 Å². The van der Waals surface area contributed by atoms with Crippen LogP contribution in [0.15, 0.2) is 77.7 Å². The molecule has 0 aliphatic carbocycles. The van der Waals surface area contributed by atoms with Crippen LogP contribution < -0.4 is 0 Å². The molecule has 1 saturated heterocycles. The molecule has 2 heterocycles. The van der Waals surface area contributed by atoms with Crippen LogP contribution in [0.2, 0.25) is 0 Å². The maximum Gasteiger partial charge on any atom is 0.269 e. The summed E-state index contributed by atoms with van der Waals surface area (Å²) in [5, 5.41) is 11.0. The van der Waals surface area contributed by atoms with Crippen molar-refractivity contribution in [3.05, 3.63) is 99.9 Å². The van der Waals surface area contributed by atoms with E-state index in [-0.39, 0.29) is 23.2 Å². The fraction of sp³-hybridized carbons (Fsp3) is 0.320. The molecule has 2 aromatic carbocycles. The standard InChI is InChI=1S/C25H28N4O4S/c1-20-6-5-9-22(26-20)19-28(34(32,33)25-12-10-24(11-13-25)29(30)31)23-14-16-27(17-15-23)18-21-7-3-2-4-8-21/h2-13,23H,14-19H2,1H3. The molecule has 4 rings (SSSR count). The van der Waals surface area contributed by atoms with Crippen molar-refractivity contribution in [2.75, 3.05) is 13.1 Å². The maximum absolute atomic E-state index is 13.7. The Hall–Kier alpha value is -3.14. The first-order valence-electron chi connectivity index (χ1n) is 11.3. The fourth-order valence-electron chi connectivity index (χ4n) is 4.34. The summed E-state index contributed by atoms with van der Waals surface area (Å²) in [6.07, 6.45) is 1.40. The zero-order chi connectivity index (χ0) is 24.1. The summed E-state index contributed by atoms with van der Waals surface area (Å²) in [5.74, 6) is 0. The summed E-state index contributed by atoms with van der Waals surface area (Å²) in [6, 6.07) is 20.7. The Labute approximate surface area is 200 Å². The molecule has 1 aliphatic heterocycles. The highest BCUT2D eigenvalue weighted by Crippen LogP contribution is 2.28. The number of hydrogen-bond donors (Lipinski definition) is 0. The van der Waals surface area contributed by atoms with Crippen LogP contribution in [-0.4, -0.2) is 46.7 Å². The van der Waals surface area contributed by atoms with Gasteiger partial charge in [0.2, 0.25) is 10.0 Å². The van der Waals surface area contributed by atoms with Crippen molar-refractivity contribution in [3.63, 3.8) is 0 Å². The molecule has 0 radical (unpaired) electrons. The van der Waals surface area contributed by atoms with Gasteiger partial charge in [0.05, 0.1) is 22.1 Å². The van der Waals surface area contributed by atoms with E-state index in [9.17, 15) is 18.5 Å². The predicted molar refractivity (Wildman–Crippen MR) is 130 cm³/mol. The second-order valence-electron chi connectivity index (χ2n) is 8.56. The highest BCUT2D eigenvalue weighted by Gasteiger charge is 2.34. The molecule has 34 heavy (non-hydrogen) atoms. The largest absolute Gasteiger partial charge is 0.299 e. The third kappa shape index (κ3) is 5.67. The van der Waals surface area contributed by atoms with E-state index in [1.807, 2.05) is 43.3 Å². The highest BCUT2D eigenvalue weighted by molar-refractivity contribution is 7.89. The van der Waals surface area contributed by atoms with Gasteiger partial charge in [-0.25, -0.2) is 8.42 Å². The smallest absolute Gasteiger partial charge is 0.269 e. The van der Waals surface area contributed by atoms with Crippen molar-refractivity contribution in [1.82, 2.24) is 14.2 Å². The summed E-state index contributed by atoms with van der Waals surface area (Å²) in [6.45, 7) is 4.44. The molecule has 0 atom stereocenters. The van der Waals surface area contributed by atoms with Crippen LogP contribution in [0.4, 0.5) is 5.69 Å². The number of piperidine rings is 1. The lowest BCUT2D eigenvalue weighted by molar-refractivity contribution is -0.384. The molecule has 0 spiro atoms. The third-order valence-electron chi connectivity index (χ3n) is 6.13. The molecule has 9 heteroatoms. The van der Waals surface area contributed by atoms with Crippen molar-refractivity contribution >= 4 is 15.7 Å². The average Bonchev–Trinajstić information content (AvgIpc) is 2.84. The lowest BCUT2D eigenvalue weighted by Gasteiger charge is -2.37. The van der Waals surface area contributed by atoms with E-state index >= 15 is 0 Å². The molecule has 178 valence electrons. The predicted octanol–water partition coefficient (Wildman–Crippen LogP) is 4.15. The molecule has 0 N–H and O–H groups in total. The Bertz CT molecular complexity index is 1230. The number of aryl methyl sites for hydroxylation is 1. The normalized spacial score (nSPS) is 15.5. The van der Waals surface area contributed by atoms with Crippen LogP contribution in [0, 0.1) is 17.0 Å². The number of rotatable bonds is 8. The summed E-state index contributed by atoms with van der Waals surface area (Å²) < 4.78 is 28.9. The first-order chi connectivity index (χ1) is 16.3. The number of sulfonamides is 1. The van der Waals surface area contributed by atoms with Gasteiger partial charge in [0.25, 0.3) is 5.69 Å². The number of likely N-dealkylation sites (tertiary alicyclic amines) is 1. The molecule has 0 saturated carbocycles. The van der Waals surface area contributed by atoms with Crippen molar-refractivity contribution in [2.45, 2.75) is 43.8 Å². The van der Waals surface area contributed by atoms with E-state index in [2.05, 4.69) is 22.0 Å². The topological polar surface area (TPSA) is 96.7 Å². The molecular weight excluding hydrogens is 452 g/mol. The molecule has 8 nitrogen and oxygen atoms in total. The number of hydrogen-bond acceptors (Lipinski definition) is 6. The average molecular weight is 481 g/mol.